The van der Waals surface area contributed by atoms with E-state index in [1.54, 1.807) is 0 Å². The number of carbonyl (C=O) groups is 1. The lowest BCUT2D eigenvalue weighted by atomic mass is 10.6. The number of hydrogen-bond donors (Lipinski definition) is 0. The third-order valence-corrected chi connectivity index (χ3v) is 1.20. The second-order valence-corrected chi connectivity index (χ2v) is 2.17. The van der Waals surface area contributed by atoms with Crippen LogP contribution in [0, 0.1) is 0 Å². The van der Waals surface area contributed by atoms with Gasteiger partial charge in [0.25, 0.3) is 0 Å². The molecule has 0 atom stereocenters. The van der Waals surface area contributed by atoms with Crippen LogP contribution in [-0.4, -0.2) is 15.6 Å². The van der Waals surface area contributed by atoms with Crippen molar-refractivity contribution in [2.24, 2.45) is 0 Å². The number of rotatable bonds is 1. The Kier molecular flexibility index (Phi) is 2.10. The Labute approximate surface area is 34.8 Å². The molecule has 0 aromatic carbocycles. The molecule has 30 valence electrons. The van der Waals surface area contributed by atoms with Crippen molar-refractivity contribution in [2.45, 2.75) is 13.3 Å². The summed E-state index contributed by atoms with van der Waals surface area (Å²) in [7, 11) is 0.731. The van der Waals surface area contributed by atoms with Gasteiger partial charge < -0.3 is 4.79 Å². The monoisotopic (exact) mass is 88.0 g/mol. The molecule has 0 spiro atoms. The zero-order chi connectivity index (χ0) is 4.28. The molecule has 0 bridgehead atoms. The Balaban J connectivity index is 2.85. The summed E-state index contributed by atoms with van der Waals surface area (Å²) in [6.45, 7) is 1.88. The van der Waals surface area contributed by atoms with Crippen LogP contribution >= 0.6 is 0 Å². The number of hydrogen-bond acceptors (Lipinski definition) is 1. The van der Waals surface area contributed by atoms with Gasteiger partial charge in [-0.05, 0) is 6.42 Å². The van der Waals surface area contributed by atoms with Gasteiger partial charge >= 0.3 is 0 Å². The maximum atomic E-state index is 9.87. The minimum absolute atomic E-state index is 0.394. The lowest BCUT2D eigenvalue weighted by molar-refractivity contribution is -0.111. The Bertz CT molecular complexity index is 42.2. The molecule has 0 aliphatic rings. The first-order valence-electron chi connectivity index (χ1n) is 1.76. The first-order valence-corrected chi connectivity index (χ1v) is 2.76. The molecule has 0 rings (SSSR count). The summed E-state index contributed by atoms with van der Waals surface area (Å²) in [5, 5.41) is 0.394. The highest BCUT2D eigenvalue weighted by atomic mass is 28.1. The molecule has 0 N–H and O–H groups in total. The van der Waals surface area contributed by atoms with Crippen molar-refractivity contribution in [3.63, 3.8) is 0 Å². The number of carbonyl (C=O) groups excluding carboxylic acids is 1. The SMILES string of the molecule is CCC(=O)[SiH3]. The predicted molar refractivity (Wildman–Crippen MR) is 25.2 cm³/mol. The molecule has 0 amide bonds. The molecular weight excluding hydrogens is 80.1 g/mol. The van der Waals surface area contributed by atoms with Crippen molar-refractivity contribution >= 4 is 15.6 Å². The minimum Gasteiger partial charge on any atom is -0.307 e. The normalized spacial score (nSPS) is 8.20. The molecule has 0 unspecified atom stereocenters. The third-order valence-electron chi connectivity index (χ3n) is 0.498. The van der Waals surface area contributed by atoms with Gasteiger partial charge in [-0.15, -0.1) is 0 Å². The first-order chi connectivity index (χ1) is 2.27. The summed E-state index contributed by atoms with van der Waals surface area (Å²) in [5.41, 5.74) is 0. The van der Waals surface area contributed by atoms with Gasteiger partial charge in [0.1, 0.15) is 5.41 Å². The van der Waals surface area contributed by atoms with Gasteiger partial charge in [0.05, 0.1) is 10.2 Å². The lowest BCUT2D eigenvalue weighted by Gasteiger charge is -1.71. The molecule has 0 saturated heterocycles. The Morgan fingerprint density at radius 1 is 2.00 bits per heavy atom. The fourth-order valence-corrected chi connectivity index (χ4v) is 0. The van der Waals surface area contributed by atoms with Crippen LogP contribution in [0.4, 0.5) is 0 Å². The summed E-state index contributed by atoms with van der Waals surface area (Å²) in [4.78, 5) is 9.87. The molecular formula is C3H8OSi. The van der Waals surface area contributed by atoms with Crippen LogP contribution in [0.15, 0.2) is 0 Å². The van der Waals surface area contributed by atoms with E-state index in [2.05, 4.69) is 0 Å². The van der Waals surface area contributed by atoms with Crippen LogP contribution in [0.1, 0.15) is 13.3 Å². The van der Waals surface area contributed by atoms with Gasteiger partial charge in [0, 0.05) is 0 Å². The van der Waals surface area contributed by atoms with Crippen LogP contribution < -0.4 is 0 Å². The van der Waals surface area contributed by atoms with Crippen LogP contribution in [0.25, 0.3) is 0 Å². The van der Waals surface area contributed by atoms with Crippen molar-refractivity contribution in [3.05, 3.63) is 0 Å². The highest BCUT2D eigenvalue weighted by molar-refractivity contribution is 6.57. The largest absolute Gasteiger partial charge is 0.307 e. The fourth-order valence-electron chi connectivity index (χ4n) is 0. The van der Waals surface area contributed by atoms with E-state index < -0.39 is 0 Å². The zero-order valence-electron chi connectivity index (χ0n) is 3.62. The van der Waals surface area contributed by atoms with Crippen LogP contribution in [-0.2, 0) is 4.79 Å². The van der Waals surface area contributed by atoms with Gasteiger partial charge in [0.15, 0.2) is 0 Å². The maximum Gasteiger partial charge on any atom is 0.100 e. The summed E-state index contributed by atoms with van der Waals surface area (Å²) < 4.78 is 0. The summed E-state index contributed by atoms with van der Waals surface area (Å²) in [6, 6.07) is 0. The average molecular weight is 88.2 g/mol. The molecule has 0 heterocycles. The van der Waals surface area contributed by atoms with E-state index in [4.69, 9.17) is 0 Å². The van der Waals surface area contributed by atoms with Crippen molar-refractivity contribution in [2.75, 3.05) is 0 Å². The summed E-state index contributed by atoms with van der Waals surface area (Å²) in [5.74, 6) is 0. The lowest BCUT2D eigenvalue weighted by Crippen LogP contribution is -1.88. The summed E-state index contributed by atoms with van der Waals surface area (Å²) in [6.07, 6.45) is 0.728. The summed E-state index contributed by atoms with van der Waals surface area (Å²) >= 11 is 0. The van der Waals surface area contributed by atoms with E-state index in [0.29, 0.717) is 5.41 Å². The molecule has 0 aromatic heterocycles. The standard InChI is InChI=1S/C3H8OSi/c1-2-3(4)5/h2H2,1,5H3. The zero-order valence-corrected chi connectivity index (χ0v) is 5.62. The second kappa shape index (κ2) is 2.14. The Morgan fingerprint density at radius 3 is 2.20 bits per heavy atom. The Hall–Kier alpha value is -0.113. The first kappa shape index (κ1) is 4.89. The predicted octanol–water partition coefficient (Wildman–Crippen LogP) is -0.712. The molecule has 2 heteroatoms. The van der Waals surface area contributed by atoms with Gasteiger partial charge in [-0.25, -0.2) is 0 Å². The Morgan fingerprint density at radius 2 is 2.20 bits per heavy atom. The molecule has 0 radical (unpaired) electrons. The van der Waals surface area contributed by atoms with Crippen molar-refractivity contribution in [1.82, 2.24) is 0 Å². The van der Waals surface area contributed by atoms with E-state index in [0.717, 1.165) is 16.7 Å². The quantitative estimate of drug-likeness (QED) is 0.387. The average Bonchev–Trinajstić information content (AvgIpc) is 1.38. The molecule has 0 aromatic rings. The van der Waals surface area contributed by atoms with E-state index in [1.807, 2.05) is 6.92 Å². The van der Waals surface area contributed by atoms with Crippen LogP contribution in [0.3, 0.4) is 0 Å². The third kappa shape index (κ3) is 3.89. The van der Waals surface area contributed by atoms with Gasteiger partial charge in [-0.3, -0.25) is 0 Å². The minimum atomic E-state index is 0.394. The van der Waals surface area contributed by atoms with E-state index in [9.17, 15) is 4.79 Å². The van der Waals surface area contributed by atoms with Crippen LogP contribution in [0.2, 0.25) is 0 Å². The highest BCUT2D eigenvalue weighted by Crippen LogP contribution is 1.66. The van der Waals surface area contributed by atoms with Gasteiger partial charge in [0.2, 0.25) is 0 Å². The van der Waals surface area contributed by atoms with Gasteiger partial charge in [-0.2, -0.15) is 0 Å². The molecule has 5 heavy (non-hydrogen) atoms. The van der Waals surface area contributed by atoms with E-state index >= 15 is 0 Å². The van der Waals surface area contributed by atoms with Crippen molar-refractivity contribution in [1.29, 1.82) is 0 Å². The highest BCUT2D eigenvalue weighted by Gasteiger charge is 1.76. The van der Waals surface area contributed by atoms with Crippen molar-refractivity contribution in [3.8, 4) is 0 Å². The second-order valence-electron chi connectivity index (χ2n) is 1.06. The topological polar surface area (TPSA) is 17.1 Å². The van der Waals surface area contributed by atoms with E-state index in [-0.39, 0.29) is 0 Å². The molecule has 1 nitrogen and oxygen atoms in total. The maximum absolute atomic E-state index is 9.87. The van der Waals surface area contributed by atoms with Gasteiger partial charge in [-0.1, -0.05) is 6.92 Å². The fraction of sp³-hybridized carbons (Fsp3) is 0.667. The molecule has 0 saturated carbocycles. The van der Waals surface area contributed by atoms with E-state index in [1.165, 1.54) is 0 Å². The smallest absolute Gasteiger partial charge is 0.100 e. The molecule has 0 fully saturated rings. The van der Waals surface area contributed by atoms with Crippen LogP contribution in [0.5, 0.6) is 0 Å². The van der Waals surface area contributed by atoms with Crippen molar-refractivity contribution < 1.29 is 4.79 Å². The molecule has 0 aliphatic carbocycles. The molecule has 0 aliphatic heterocycles.